The van der Waals surface area contributed by atoms with Crippen molar-refractivity contribution in [1.29, 1.82) is 5.26 Å². The maximum absolute atomic E-state index is 11.1. The van der Waals surface area contributed by atoms with Gasteiger partial charge in [0.05, 0.1) is 11.6 Å². The third-order valence-electron chi connectivity index (χ3n) is 3.99. The molecule has 0 saturated carbocycles. The van der Waals surface area contributed by atoms with Gasteiger partial charge in [-0.25, -0.2) is 0 Å². The summed E-state index contributed by atoms with van der Waals surface area (Å²) in [5.41, 5.74) is 8.55. The van der Waals surface area contributed by atoms with Crippen LogP contribution in [-0.2, 0) is 11.3 Å². The van der Waals surface area contributed by atoms with E-state index >= 15 is 0 Å². The molecule has 0 radical (unpaired) electrons. The van der Waals surface area contributed by atoms with Crippen molar-refractivity contribution in [2.75, 3.05) is 0 Å². The molecule has 4 nitrogen and oxygen atoms in total. The molecule has 0 bridgehead atoms. The topological polar surface area (TPSA) is 71.8 Å². The van der Waals surface area contributed by atoms with Crippen molar-refractivity contribution < 1.29 is 4.79 Å². The maximum atomic E-state index is 11.1. The number of carbonyl (C=O) groups excluding carboxylic acids is 1. The van der Waals surface area contributed by atoms with Crippen LogP contribution >= 0.6 is 11.6 Å². The minimum atomic E-state index is -0.339. The van der Waals surface area contributed by atoms with Crippen LogP contribution in [-0.4, -0.2) is 10.5 Å². The Labute approximate surface area is 150 Å². The monoisotopic (exact) mass is 349 g/mol. The summed E-state index contributed by atoms with van der Waals surface area (Å²) in [7, 11) is 0. The van der Waals surface area contributed by atoms with E-state index in [4.69, 9.17) is 17.3 Å². The molecule has 1 amide bonds. The molecule has 0 aliphatic rings. The number of fused-ring (bicyclic) bond motifs is 1. The summed E-state index contributed by atoms with van der Waals surface area (Å²) >= 11 is 5.92. The van der Waals surface area contributed by atoms with E-state index in [1.165, 1.54) is 0 Å². The zero-order chi connectivity index (χ0) is 17.8. The fraction of sp³-hybridized carbons (Fsp3) is 0.100. The molecule has 0 atom stereocenters. The van der Waals surface area contributed by atoms with Crippen molar-refractivity contribution in [2.45, 2.75) is 13.0 Å². The van der Waals surface area contributed by atoms with Gasteiger partial charge in [0.25, 0.3) is 0 Å². The highest BCUT2D eigenvalue weighted by Crippen LogP contribution is 2.26. The minimum Gasteiger partial charge on any atom is -0.370 e. The van der Waals surface area contributed by atoms with E-state index in [1.807, 2.05) is 53.2 Å². The molecule has 0 saturated heterocycles. The zero-order valence-electron chi connectivity index (χ0n) is 13.4. The van der Waals surface area contributed by atoms with E-state index in [1.54, 1.807) is 12.1 Å². The lowest BCUT2D eigenvalue weighted by atomic mass is 10.0. The molecular formula is C20H16ClN3O. The number of hydrogen-bond donors (Lipinski definition) is 1. The number of primary amides is 1. The van der Waals surface area contributed by atoms with Gasteiger partial charge in [0.1, 0.15) is 0 Å². The number of amides is 1. The number of nitrogens with two attached hydrogens (primary N) is 1. The summed E-state index contributed by atoms with van der Waals surface area (Å²) in [4.78, 5) is 11.1. The number of nitrogens with zero attached hydrogens (tertiary/aromatic N) is 2. The predicted molar refractivity (Wildman–Crippen MR) is 101 cm³/mol. The first-order valence-corrected chi connectivity index (χ1v) is 8.20. The molecule has 1 aromatic heterocycles. The lowest BCUT2D eigenvalue weighted by molar-refractivity contribution is -0.118. The fourth-order valence-corrected chi connectivity index (χ4v) is 2.90. The number of para-hydroxylation sites is 1. The van der Waals surface area contributed by atoms with Gasteiger partial charge in [0, 0.05) is 40.7 Å². The minimum absolute atomic E-state index is 0.268. The average molecular weight is 350 g/mol. The summed E-state index contributed by atoms with van der Waals surface area (Å²) in [6.45, 7) is 0.506. The zero-order valence-corrected chi connectivity index (χ0v) is 14.2. The number of benzene rings is 2. The van der Waals surface area contributed by atoms with Gasteiger partial charge < -0.3 is 10.3 Å². The molecule has 3 aromatic rings. The molecule has 2 N–H and O–H groups in total. The van der Waals surface area contributed by atoms with Gasteiger partial charge in [-0.2, -0.15) is 5.26 Å². The highest BCUT2D eigenvalue weighted by Gasteiger charge is 2.09. The molecule has 1 heterocycles. The van der Waals surface area contributed by atoms with Gasteiger partial charge >= 0.3 is 0 Å². The first-order valence-electron chi connectivity index (χ1n) is 7.82. The fourth-order valence-electron chi connectivity index (χ4n) is 2.77. The van der Waals surface area contributed by atoms with Crippen molar-refractivity contribution in [3.8, 4) is 6.07 Å². The Hall–Kier alpha value is -3.03. The summed E-state index contributed by atoms with van der Waals surface area (Å²) in [5, 5.41) is 11.2. The summed E-state index contributed by atoms with van der Waals surface area (Å²) in [6.07, 6.45) is 4.07. The smallest absolute Gasteiger partial charge is 0.219 e. The largest absolute Gasteiger partial charge is 0.370 e. The van der Waals surface area contributed by atoms with E-state index in [0.29, 0.717) is 17.1 Å². The predicted octanol–water partition coefficient (Wildman–Crippen LogP) is 4.23. The van der Waals surface area contributed by atoms with E-state index in [2.05, 4.69) is 6.07 Å². The van der Waals surface area contributed by atoms with Gasteiger partial charge in [0.2, 0.25) is 5.91 Å². The van der Waals surface area contributed by atoms with Gasteiger partial charge in [-0.1, -0.05) is 41.9 Å². The summed E-state index contributed by atoms with van der Waals surface area (Å²) in [6, 6.07) is 17.3. The van der Waals surface area contributed by atoms with Crippen LogP contribution in [0, 0.1) is 11.3 Å². The first-order chi connectivity index (χ1) is 12.1. The molecule has 3 rings (SSSR count). The second kappa shape index (κ2) is 7.25. The number of rotatable bonds is 5. The van der Waals surface area contributed by atoms with Crippen molar-refractivity contribution in [2.24, 2.45) is 5.73 Å². The number of halogens is 1. The normalized spacial score (nSPS) is 11.4. The van der Waals surface area contributed by atoms with Gasteiger partial charge in [0.15, 0.2) is 0 Å². The Morgan fingerprint density at radius 2 is 1.92 bits per heavy atom. The molecule has 2 aromatic carbocycles. The number of nitriles is 1. The second-order valence-electron chi connectivity index (χ2n) is 5.69. The Morgan fingerprint density at radius 3 is 2.60 bits per heavy atom. The van der Waals surface area contributed by atoms with Crippen molar-refractivity contribution >= 4 is 40.1 Å². The number of allylic oxidation sites excluding steroid dienone is 1. The van der Waals surface area contributed by atoms with Gasteiger partial charge in [-0.05, 0) is 29.8 Å². The van der Waals surface area contributed by atoms with E-state index < -0.39 is 0 Å². The summed E-state index contributed by atoms with van der Waals surface area (Å²) in [5.74, 6) is -0.339. The molecule has 0 spiro atoms. The number of aromatic nitrogens is 1. The Morgan fingerprint density at radius 1 is 1.20 bits per heavy atom. The van der Waals surface area contributed by atoms with E-state index in [0.717, 1.165) is 22.0 Å². The molecule has 0 fully saturated rings. The van der Waals surface area contributed by atoms with Crippen LogP contribution < -0.4 is 5.73 Å². The van der Waals surface area contributed by atoms with Crippen LogP contribution in [0.25, 0.3) is 22.6 Å². The molecule has 0 unspecified atom stereocenters. The molecular weight excluding hydrogens is 334 g/mol. The lowest BCUT2D eigenvalue weighted by Gasteiger charge is -2.02. The first kappa shape index (κ1) is 16.8. The van der Waals surface area contributed by atoms with Crippen LogP contribution in [0.4, 0.5) is 0 Å². The van der Waals surface area contributed by atoms with Gasteiger partial charge in [-0.15, -0.1) is 0 Å². The molecule has 124 valence electrons. The number of aryl methyl sites for hydroxylation is 1. The SMILES string of the molecule is N#C/C(=C/c1cn(CCC(N)=O)c2ccccc12)c1ccc(Cl)cc1. The van der Waals surface area contributed by atoms with Crippen LogP contribution in [0.5, 0.6) is 0 Å². The second-order valence-corrected chi connectivity index (χ2v) is 6.12. The van der Waals surface area contributed by atoms with Crippen molar-refractivity contribution in [1.82, 2.24) is 4.57 Å². The Bertz CT molecular complexity index is 994. The highest BCUT2D eigenvalue weighted by atomic mass is 35.5. The maximum Gasteiger partial charge on any atom is 0.219 e. The average Bonchev–Trinajstić information content (AvgIpc) is 2.97. The van der Waals surface area contributed by atoms with E-state index in [-0.39, 0.29) is 12.3 Å². The molecule has 0 aliphatic heterocycles. The lowest BCUT2D eigenvalue weighted by Crippen LogP contribution is -2.13. The molecule has 0 aliphatic carbocycles. The number of carbonyl (C=O) groups is 1. The van der Waals surface area contributed by atoms with Crippen LogP contribution in [0.2, 0.25) is 5.02 Å². The number of hydrogen-bond acceptors (Lipinski definition) is 2. The van der Waals surface area contributed by atoms with Gasteiger partial charge in [-0.3, -0.25) is 4.79 Å². The van der Waals surface area contributed by atoms with Crippen LogP contribution in [0.15, 0.2) is 54.7 Å². The quantitative estimate of drug-likeness (QED) is 0.700. The third-order valence-corrected chi connectivity index (χ3v) is 4.25. The summed E-state index contributed by atoms with van der Waals surface area (Å²) < 4.78 is 1.99. The third kappa shape index (κ3) is 3.73. The van der Waals surface area contributed by atoms with Crippen LogP contribution in [0.1, 0.15) is 17.5 Å². The van der Waals surface area contributed by atoms with E-state index in [9.17, 15) is 10.1 Å². The molecule has 5 heteroatoms. The van der Waals surface area contributed by atoms with Crippen molar-refractivity contribution in [3.05, 3.63) is 70.9 Å². The van der Waals surface area contributed by atoms with Crippen molar-refractivity contribution in [3.63, 3.8) is 0 Å². The molecule has 25 heavy (non-hydrogen) atoms. The van der Waals surface area contributed by atoms with Crippen LogP contribution in [0.3, 0.4) is 0 Å². The highest BCUT2D eigenvalue weighted by molar-refractivity contribution is 6.30. The standard InChI is InChI=1S/C20H16ClN3O/c21-17-7-5-14(6-8-17)15(12-22)11-16-13-24(10-9-20(23)25)19-4-2-1-3-18(16)19/h1-8,11,13H,9-10H2,(H2,23,25)/b15-11-. The Balaban J connectivity index is 2.06. The Kier molecular flexibility index (Phi) is 4.87.